The Balaban J connectivity index is 2.03. The average molecular weight is 311 g/mol. The number of carbonyl (C=O) groups is 2. The lowest BCUT2D eigenvalue weighted by Crippen LogP contribution is -2.49. The van der Waals surface area contributed by atoms with Gasteiger partial charge < -0.3 is 10.1 Å². The lowest BCUT2D eigenvalue weighted by molar-refractivity contribution is -0.144. The molecule has 1 amide bonds. The van der Waals surface area contributed by atoms with Gasteiger partial charge in [-0.15, -0.1) is 0 Å². The molecule has 2 aliphatic heterocycles. The molecule has 3 rings (SSSR count). The van der Waals surface area contributed by atoms with Gasteiger partial charge in [0.2, 0.25) is 5.91 Å². The molecule has 0 saturated carbocycles. The molecular formula is C15H12F3NO3. The van der Waals surface area contributed by atoms with Crippen LogP contribution in [0.1, 0.15) is 23.5 Å². The molecule has 0 unspecified atom stereocenters. The Morgan fingerprint density at radius 1 is 1.23 bits per heavy atom. The van der Waals surface area contributed by atoms with E-state index in [1.807, 2.05) is 0 Å². The van der Waals surface area contributed by atoms with Gasteiger partial charge in [0.05, 0.1) is 12.2 Å². The van der Waals surface area contributed by atoms with E-state index in [1.165, 1.54) is 12.1 Å². The maximum Gasteiger partial charge on any atom is 0.416 e. The van der Waals surface area contributed by atoms with E-state index in [4.69, 9.17) is 4.74 Å². The van der Waals surface area contributed by atoms with Gasteiger partial charge in [-0.1, -0.05) is 18.7 Å². The molecule has 7 heteroatoms. The zero-order valence-electron chi connectivity index (χ0n) is 11.4. The van der Waals surface area contributed by atoms with Gasteiger partial charge in [-0.2, -0.15) is 13.2 Å². The Morgan fingerprint density at radius 3 is 2.36 bits per heavy atom. The number of ether oxygens (including phenoxy) is 1. The normalized spacial score (nSPS) is 28.1. The van der Waals surface area contributed by atoms with E-state index >= 15 is 0 Å². The molecule has 0 bridgehead atoms. The minimum atomic E-state index is -4.44. The summed E-state index contributed by atoms with van der Waals surface area (Å²) in [6.07, 6.45) is -4.18. The molecule has 2 saturated heterocycles. The molecule has 2 aliphatic rings. The van der Waals surface area contributed by atoms with Gasteiger partial charge >= 0.3 is 12.1 Å². The van der Waals surface area contributed by atoms with Crippen LogP contribution >= 0.6 is 0 Å². The van der Waals surface area contributed by atoms with E-state index in [2.05, 4.69) is 11.9 Å². The summed E-state index contributed by atoms with van der Waals surface area (Å²) >= 11 is 0. The van der Waals surface area contributed by atoms with Crippen molar-refractivity contribution in [2.24, 2.45) is 0 Å². The van der Waals surface area contributed by atoms with Gasteiger partial charge in [-0.05, 0) is 17.7 Å². The van der Waals surface area contributed by atoms with Crippen LogP contribution in [0, 0.1) is 0 Å². The number of amides is 1. The number of benzene rings is 1. The van der Waals surface area contributed by atoms with Gasteiger partial charge in [0, 0.05) is 17.9 Å². The summed E-state index contributed by atoms with van der Waals surface area (Å²) in [5.41, 5.74) is -1.47. The highest BCUT2D eigenvalue weighted by atomic mass is 19.4. The first-order valence-corrected chi connectivity index (χ1v) is 6.61. The van der Waals surface area contributed by atoms with Crippen LogP contribution in [0.15, 0.2) is 36.4 Å². The highest BCUT2D eigenvalue weighted by Gasteiger charge is 2.58. The van der Waals surface area contributed by atoms with Crippen LogP contribution in [0.4, 0.5) is 13.2 Å². The average Bonchev–Trinajstić information content (AvgIpc) is 2.91. The lowest BCUT2D eigenvalue weighted by atomic mass is 9.77. The topological polar surface area (TPSA) is 55.4 Å². The fraction of sp³-hybridized carbons (Fsp3) is 0.333. The van der Waals surface area contributed by atoms with Crippen molar-refractivity contribution in [3.63, 3.8) is 0 Å². The smallest absolute Gasteiger partial charge is 0.416 e. The highest BCUT2D eigenvalue weighted by Crippen LogP contribution is 2.45. The molecule has 0 radical (unpaired) electrons. The fourth-order valence-corrected chi connectivity index (χ4v) is 3.05. The Bertz CT molecular complexity index is 666. The number of halogens is 3. The number of esters is 1. The van der Waals surface area contributed by atoms with Crippen molar-refractivity contribution in [2.45, 2.75) is 24.1 Å². The molecule has 2 heterocycles. The number of nitrogens with one attached hydrogen (secondary N) is 1. The predicted molar refractivity (Wildman–Crippen MR) is 69.8 cm³/mol. The minimum absolute atomic E-state index is 0.151. The first-order chi connectivity index (χ1) is 10.3. The van der Waals surface area contributed by atoms with Gasteiger partial charge in [-0.3, -0.25) is 4.79 Å². The van der Waals surface area contributed by atoms with Crippen molar-refractivity contribution in [1.82, 2.24) is 5.32 Å². The second kappa shape index (κ2) is 4.59. The summed E-state index contributed by atoms with van der Waals surface area (Å²) < 4.78 is 42.8. The van der Waals surface area contributed by atoms with Crippen LogP contribution in [-0.4, -0.2) is 24.0 Å². The molecule has 0 aliphatic carbocycles. The monoisotopic (exact) mass is 311 g/mol. The standard InChI is InChI=1S/C15H12F3NO3/c1-8-11(9-2-4-10(5-3-9)15(16,17)18)14(19-12(8)20)6-7-22-13(14)21/h2-5,11H,1,6-7H2,(H,19,20)/t11-,14-/m0/s1. The van der Waals surface area contributed by atoms with Crippen molar-refractivity contribution < 1.29 is 27.5 Å². The molecule has 2 atom stereocenters. The molecule has 1 aromatic rings. The van der Waals surface area contributed by atoms with Gasteiger partial charge in [0.15, 0.2) is 5.54 Å². The zero-order valence-corrected chi connectivity index (χ0v) is 11.4. The Hall–Kier alpha value is -2.31. The summed E-state index contributed by atoms with van der Waals surface area (Å²) in [6, 6.07) is 4.40. The maximum absolute atomic E-state index is 12.6. The summed E-state index contributed by atoms with van der Waals surface area (Å²) in [5, 5.41) is 2.59. The molecule has 1 spiro atoms. The molecule has 2 fully saturated rings. The molecule has 0 aromatic heterocycles. The number of rotatable bonds is 1. The Labute approximate surface area is 123 Å². The number of alkyl halides is 3. The third kappa shape index (κ3) is 2.00. The first kappa shape index (κ1) is 14.6. The van der Waals surface area contributed by atoms with Crippen LogP contribution in [0.5, 0.6) is 0 Å². The molecule has 1 aromatic carbocycles. The van der Waals surface area contributed by atoms with E-state index in [9.17, 15) is 22.8 Å². The number of cyclic esters (lactones) is 1. The summed E-state index contributed by atoms with van der Waals surface area (Å²) in [7, 11) is 0. The van der Waals surface area contributed by atoms with Gasteiger partial charge in [0.25, 0.3) is 0 Å². The van der Waals surface area contributed by atoms with Crippen LogP contribution in [0.3, 0.4) is 0 Å². The Kier molecular flexibility index (Phi) is 3.05. The van der Waals surface area contributed by atoms with Crippen LogP contribution in [0.25, 0.3) is 0 Å². The summed E-state index contributed by atoms with van der Waals surface area (Å²) in [5.74, 6) is -1.79. The van der Waals surface area contributed by atoms with Crippen LogP contribution in [0.2, 0.25) is 0 Å². The minimum Gasteiger partial charge on any atom is -0.464 e. The van der Waals surface area contributed by atoms with Gasteiger partial charge in [0.1, 0.15) is 0 Å². The SMILES string of the molecule is C=C1C(=O)N[C@@]2(CCOC2=O)[C@@H]1c1ccc(C(F)(F)F)cc1. The van der Waals surface area contributed by atoms with Crippen molar-refractivity contribution in [3.05, 3.63) is 47.5 Å². The van der Waals surface area contributed by atoms with E-state index in [0.29, 0.717) is 5.56 Å². The highest BCUT2D eigenvalue weighted by molar-refractivity contribution is 6.05. The third-order valence-electron chi connectivity index (χ3n) is 4.13. The lowest BCUT2D eigenvalue weighted by Gasteiger charge is -2.26. The second-order valence-corrected chi connectivity index (χ2v) is 5.39. The molecule has 116 valence electrons. The van der Waals surface area contributed by atoms with E-state index in [1.54, 1.807) is 0 Å². The molecule has 22 heavy (non-hydrogen) atoms. The zero-order chi connectivity index (χ0) is 16.1. The van der Waals surface area contributed by atoms with Crippen molar-refractivity contribution in [1.29, 1.82) is 0 Å². The number of carbonyl (C=O) groups excluding carboxylic acids is 2. The van der Waals surface area contributed by atoms with Crippen molar-refractivity contribution >= 4 is 11.9 Å². The predicted octanol–water partition coefficient (Wildman–Crippen LogP) is 2.16. The van der Waals surface area contributed by atoms with E-state index in [0.717, 1.165) is 12.1 Å². The van der Waals surface area contributed by atoms with Crippen LogP contribution in [-0.2, 0) is 20.5 Å². The Morgan fingerprint density at radius 2 is 1.86 bits per heavy atom. The fourth-order valence-electron chi connectivity index (χ4n) is 3.05. The molecular weight excluding hydrogens is 299 g/mol. The van der Waals surface area contributed by atoms with Crippen molar-refractivity contribution in [3.8, 4) is 0 Å². The second-order valence-electron chi connectivity index (χ2n) is 5.39. The van der Waals surface area contributed by atoms with Gasteiger partial charge in [-0.25, -0.2) is 4.79 Å². The van der Waals surface area contributed by atoms with E-state index < -0.39 is 35.1 Å². The maximum atomic E-state index is 12.6. The quantitative estimate of drug-likeness (QED) is 0.639. The van der Waals surface area contributed by atoms with E-state index in [-0.39, 0.29) is 18.6 Å². The number of hydrogen-bond donors (Lipinski definition) is 1. The third-order valence-corrected chi connectivity index (χ3v) is 4.13. The molecule has 4 nitrogen and oxygen atoms in total. The largest absolute Gasteiger partial charge is 0.464 e. The first-order valence-electron chi connectivity index (χ1n) is 6.61. The summed E-state index contributed by atoms with van der Waals surface area (Å²) in [4.78, 5) is 23.9. The van der Waals surface area contributed by atoms with Crippen molar-refractivity contribution in [2.75, 3.05) is 6.61 Å². The summed E-state index contributed by atoms with van der Waals surface area (Å²) in [6.45, 7) is 3.83. The molecule has 1 N–H and O–H groups in total. The van der Waals surface area contributed by atoms with Crippen LogP contribution < -0.4 is 5.32 Å². The number of hydrogen-bond acceptors (Lipinski definition) is 3.